The van der Waals surface area contributed by atoms with Gasteiger partial charge in [-0.05, 0) is 0 Å². The SMILES string of the molecule is CC(=O)O[C@H]1O[C@H](CO)[C@@H](O)[C@H](O)[C@]1(O)C(C#N)C(C#N)(C#N)C#N. The van der Waals surface area contributed by atoms with Crippen molar-refractivity contribution in [3.05, 3.63) is 0 Å². The molecule has 11 heteroatoms. The van der Waals surface area contributed by atoms with Crippen LogP contribution in [0.1, 0.15) is 6.92 Å². The summed E-state index contributed by atoms with van der Waals surface area (Å²) in [5, 5.41) is 77.0. The summed E-state index contributed by atoms with van der Waals surface area (Å²) in [5.74, 6) is -3.29. The molecule has 0 radical (unpaired) electrons. The molecule has 11 nitrogen and oxygen atoms in total. The summed E-state index contributed by atoms with van der Waals surface area (Å²) in [6, 6.07) is 5.21. The Hall–Kier alpha value is -2.77. The van der Waals surface area contributed by atoms with Crippen molar-refractivity contribution in [3.63, 3.8) is 0 Å². The minimum absolute atomic E-state index is 0.844. The predicted octanol–water partition coefficient (Wildman–Crippen LogP) is -2.58. The second-order valence-electron chi connectivity index (χ2n) is 5.33. The number of esters is 1. The van der Waals surface area contributed by atoms with Gasteiger partial charge in [-0.15, -0.1) is 0 Å². The first-order chi connectivity index (χ1) is 11.7. The molecule has 6 atom stereocenters. The largest absolute Gasteiger partial charge is 0.433 e. The normalized spacial score (nSPS) is 33.0. The molecule has 0 saturated carbocycles. The van der Waals surface area contributed by atoms with Crippen LogP contribution in [0, 0.1) is 56.7 Å². The summed E-state index contributed by atoms with van der Waals surface area (Å²) in [4.78, 5) is 11.3. The van der Waals surface area contributed by atoms with Crippen LogP contribution in [0.25, 0.3) is 0 Å². The maximum atomic E-state index is 11.3. The Morgan fingerprint density at radius 1 is 1.28 bits per heavy atom. The molecule has 1 aliphatic rings. The average Bonchev–Trinajstić information content (AvgIpc) is 2.60. The molecule has 0 amide bonds. The van der Waals surface area contributed by atoms with Crippen LogP contribution >= 0.6 is 0 Å². The number of carbonyl (C=O) groups excluding carboxylic acids is 1. The van der Waals surface area contributed by atoms with Gasteiger partial charge in [0.05, 0.1) is 12.7 Å². The van der Waals surface area contributed by atoms with Crippen molar-refractivity contribution in [2.75, 3.05) is 6.61 Å². The molecule has 0 aliphatic carbocycles. The Kier molecular flexibility index (Phi) is 6.01. The maximum Gasteiger partial charge on any atom is 0.305 e. The van der Waals surface area contributed by atoms with Crippen molar-refractivity contribution in [1.82, 2.24) is 0 Å². The van der Waals surface area contributed by atoms with E-state index in [1.54, 1.807) is 0 Å². The molecule has 0 aromatic heterocycles. The van der Waals surface area contributed by atoms with Crippen molar-refractivity contribution in [2.45, 2.75) is 37.1 Å². The Labute approximate surface area is 142 Å². The van der Waals surface area contributed by atoms with Gasteiger partial charge in [0.25, 0.3) is 0 Å². The van der Waals surface area contributed by atoms with E-state index in [4.69, 9.17) is 30.4 Å². The number of nitrogens with zero attached hydrogens (tertiary/aromatic N) is 4. The van der Waals surface area contributed by atoms with Gasteiger partial charge >= 0.3 is 5.97 Å². The Morgan fingerprint density at radius 2 is 1.80 bits per heavy atom. The van der Waals surface area contributed by atoms with Crippen molar-refractivity contribution >= 4 is 5.97 Å². The minimum Gasteiger partial charge on any atom is -0.433 e. The minimum atomic E-state index is -3.01. The zero-order valence-electron chi connectivity index (χ0n) is 12.9. The molecule has 1 saturated heterocycles. The number of ether oxygens (including phenoxy) is 2. The zero-order chi connectivity index (χ0) is 19.4. The summed E-state index contributed by atoms with van der Waals surface area (Å²) in [7, 11) is 0. The van der Waals surface area contributed by atoms with Gasteiger partial charge in [-0.2, -0.15) is 21.0 Å². The van der Waals surface area contributed by atoms with Gasteiger partial charge in [0, 0.05) is 6.92 Å². The molecular formula is C14H14N4O7. The molecule has 0 aromatic rings. The van der Waals surface area contributed by atoms with Gasteiger partial charge in [0.2, 0.25) is 11.7 Å². The van der Waals surface area contributed by atoms with E-state index in [0.717, 1.165) is 6.92 Å². The quantitative estimate of drug-likeness (QED) is 0.386. The van der Waals surface area contributed by atoms with Crippen LogP contribution in [-0.4, -0.2) is 63.2 Å². The molecule has 25 heavy (non-hydrogen) atoms. The molecule has 1 rings (SSSR count). The van der Waals surface area contributed by atoms with E-state index >= 15 is 0 Å². The summed E-state index contributed by atoms with van der Waals surface area (Å²) >= 11 is 0. The van der Waals surface area contributed by atoms with Crippen LogP contribution in [0.15, 0.2) is 0 Å². The lowest BCUT2D eigenvalue weighted by Gasteiger charge is -2.49. The lowest BCUT2D eigenvalue weighted by atomic mass is 9.65. The zero-order valence-corrected chi connectivity index (χ0v) is 12.9. The first-order valence-corrected chi connectivity index (χ1v) is 6.83. The highest BCUT2D eigenvalue weighted by Crippen LogP contribution is 2.43. The van der Waals surface area contributed by atoms with Crippen LogP contribution in [0.4, 0.5) is 0 Å². The Balaban J connectivity index is 3.59. The average molecular weight is 350 g/mol. The Bertz CT molecular complexity index is 664. The molecule has 0 spiro atoms. The standard InChI is InChI=1S/C14H14N4O7/c1-7(20)24-12-14(23,11(22)10(21)8(3-19)25-12)9(2-15)13(4-16,5-17)6-18/h8-12,19,21-23H,3H2,1H3/t8-,9?,10-,11+,12+,14-/m1/s1. The number of carbonyl (C=O) groups is 1. The molecule has 132 valence electrons. The fourth-order valence-electron chi connectivity index (χ4n) is 2.51. The van der Waals surface area contributed by atoms with Gasteiger partial charge < -0.3 is 29.9 Å². The van der Waals surface area contributed by atoms with Crippen molar-refractivity contribution < 1.29 is 34.7 Å². The van der Waals surface area contributed by atoms with E-state index in [1.165, 1.54) is 24.3 Å². The second kappa shape index (κ2) is 7.42. The highest BCUT2D eigenvalue weighted by molar-refractivity contribution is 5.66. The molecule has 1 aliphatic heterocycles. The van der Waals surface area contributed by atoms with Crippen LogP contribution in [0.5, 0.6) is 0 Å². The van der Waals surface area contributed by atoms with Crippen molar-refractivity contribution in [3.8, 4) is 24.3 Å². The fourth-order valence-corrected chi connectivity index (χ4v) is 2.51. The van der Waals surface area contributed by atoms with E-state index in [-0.39, 0.29) is 0 Å². The number of aliphatic hydroxyl groups is 4. The lowest BCUT2D eigenvalue weighted by molar-refractivity contribution is -0.343. The topological polar surface area (TPSA) is 212 Å². The summed E-state index contributed by atoms with van der Waals surface area (Å²) in [5.41, 5.74) is -5.77. The van der Waals surface area contributed by atoms with E-state index in [9.17, 15) is 25.4 Å². The van der Waals surface area contributed by atoms with Crippen molar-refractivity contribution in [1.29, 1.82) is 21.0 Å². The number of hydrogen-bond donors (Lipinski definition) is 4. The van der Waals surface area contributed by atoms with Crippen LogP contribution in [0.3, 0.4) is 0 Å². The fraction of sp³-hybridized carbons (Fsp3) is 0.643. The summed E-state index contributed by atoms with van der Waals surface area (Å²) < 4.78 is 9.72. The maximum absolute atomic E-state index is 11.3. The third-order valence-corrected chi connectivity index (χ3v) is 3.86. The summed E-state index contributed by atoms with van der Waals surface area (Å²) in [6.07, 6.45) is -7.90. The number of aliphatic hydroxyl groups excluding tert-OH is 3. The molecule has 0 bridgehead atoms. The van der Waals surface area contributed by atoms with Gasteiger partial charge in [0.1, 0.15) is 42.4 Å². The number of nitriles is 4. The molecule has 1 fully saturated rings. The highest BCUT2D eigenvalue weighted by atomic mass is 16.7. The van der Waals surface area contributed by atoms with E-state index in [0.29, 0.717) is 0 Å². The Morgan fingerprint density at radius 3 is 2.16 bits per heavy atom. The van der Waals surface area contributed by atoms with E-state index < -0.39 is 54.1 Å². The van der Waals surface area contributed by atoms with Crippen LogP contribution in [-0.2, 0) is 14.3 Å². The van der Waals surface area contributed by atoms with Crippen LogP contribution in [0.2, 0.25) is 0 Å². The second-order valence-corrected chi connectivity index (χ2v) is 5.33. The van der Waals surface area contributed by atoms with Crippen LogP contribution < -0.4 is 0 Å². The van der Waals surface area contributed by atoms with Gasteiger partial charge in [-0.25, -0.2) is 0 Å². The lowest BCUT2D eigenvalue weighted by Crippen LogP contribution is -2.71. The third kappa shape index (κ3) is 3.11. The first-order valence-electron chi connectivity index (χ1n) is 6.83. The number of rotatable bonds is 4. The van der Waals surface area contributed by atoms with Crippen molar-refractivity contribution in [2.24, 2.45) is 11.3 Å². The van der Waals surface area contributed by atoms with Gasteiger partial charge in [-0.3, -0.25) is 4.79 Å². The number of hydrogen-bond acceptors (Lipinski definition) is 11. The van der Waals surface area contributed by atoms with E-state index in [1.807, 2.05) is 0 Å². The van der Waals surface area contributed by atoms with Gasteiger partial charge in [-0.1, -0.05) is 0 Å². The predicted molar refractivity (Wildman–Crippen MR) is 72.9 cm³/mol. The monoisotopic (exact) mass is 350 g/mol. The highest BCUT2D eigenvalue weighted by Gasteiger charge is 2.66. The van der Waals surface area contributed by atoms with E-state index in [2.05, 4.69) is 0 Å². The molecular weight excluding hydrogens is 336 g/mol. The molecule has 1 unspecified atom stereocenters. The molecule has 4 N–H and O–H groups in total. The molecule has 1 heterocycles. The third-order valence-electron chi connectivity index (χ3n) is 3.86. The van der Waals surface area contributed by atoms with Gasteiger partial charge in [0.15, 0.2) is 5.60 Å². The smallest absolute Gasteiger partial charge is 0.305 e. The summed E-state index contributed by atoms with van der Waals surface area (Å²) in [6.45, 7) is 0.0614. The first kappa shape index (κ1) is 20.3. The molecule has 0 aromatic carbocycles.